The summed E-state index contributed by atoms with van der Waals surface area (Å²) in [7, 11) is 0. The van der Waals surface area contributed by atoms with E-state index in [-0.39, 0.29) is 24.4 Å². The molecule has 2 saturated heterocycles. The van der Waals surface area contributed by atoms with Gasteiger partial charge < -0.3 is 28.9 Å². The summed E-state index contributed by atoms with van der Waals surface area (Å²) in [5.74, 6) is 0. The molecule has 2 aromatic heterocycles. The molecule has 4 heterocycles. The highest BCUT2D eigenvalue weighted by molar-refractivity contribution is 6.07. The number of H-pyrrole nitrogens is 2. The summed E-state index contributed by atoms with van der Waals surface area (Å²) in [6, 6.07) is 5.85. The molecule has 134 valence electrons. The summed E-state index contributed by atoms with van der Waals surface area (Å²) in [5.41, 5.74) is 2.92. The van der Waals surface area contributed by atoms with Crippen LogP contribution in [0.15, 0.2) is 35.3 Å². The van der Waals surface area contributed by atoms with Gasteiger partial charge in [0.15, 0.2) is 25.2 Å². The zero-order valence-corrected chi connectivity index (χ0v) is 14.3. The van der Waals surface area contributed by atoms with Gasteiger partial charge in [-0.1, -0.05) is 12.1 Å². The van der Waals surface area contributed by atoms with Gasteiger partial charge in [-0.25, -0.2) is 0 Å². The first-order valence-corrected chi connectivity index (χ1v) is 8.55. The molecule has 0 bridgehead atoms. The van der Waals surface area contributed by atoms with Gasteiger partial charge in [-0.3, -0.25) is 4.79 Å². The lowest BCUT2D eigenvalue weighted by molar-refractivity contribution is -0.382. The quantitative estimate of drug-likeness (QED) is 0.755. The zero-order chi connectivity index (χ0) is 17.8. The van der Waals surface area contributed by atoms with Gasteiger partial charge in [-0.2, -0.15) is 0 Å². The molecule has 7 nitrogen and oxygen atoms in total. The Bertz CT molecular complexity index is 1070. The van der Waals surface area contributed by atoms with Crippen molar-refractivity contribution in [3.8, 4) is 0 Å². The molecule has 1 aromatic carbocycles. The fourth-order valence-corrected chi connectivity index (χ4v) is 3.43. The molecule has 0 unspecified atom stereocenters. The van der Waals surface area contributed by atoms with E-state index in [0.29, 0.717) is 5.52 Å². The van der Waals surface area contributed by atoms with Crippen LogP contribution in [0.25, 0.3) is 27.9 Å². The van der Waals surface area contributed by atoms with Crippen molar-refractivity contribution in [2.24, 2.45) is 0 Å². The van der Waals surface area contributed by atoms with Crippen LogP contribution in [-0.2, 0) is 18.9 Å². The van der Waals surface area contributed by atoms with E-state index in [1.54, 1.807) is 6.20 Å². The number of hydrogen-bond donors (Lipinski definition) is 2. The predicted molar refractivity (Wildman–Crippen MR) is 95.3 cm³/mol. The summed E-state index contributed by atoms with van der Waals surface area (Å²) in [6.07, 6.45) is 4.42. The minimum atomic E-state index is -0.457. The van der Waals surface area contributed by atoms with Crippen LogP contribution in [-0.4, -0.2) is 28.8 Å². The molecule has 3 aromatic rings. The fraction of sp³-hybridized carbons (Fsp3) is 0.316. The van der Waals surface area contributed by atoms with Gasteiger partial charge in [-0.05, 0) is 37.6 Å². The molecule has 7 heteroatoms. The zero-order valence-electron chi connectivity index (χ0n) is 14.3. The number of pyridine rings is 1. The minimum absolute atomic E-state index is 0.154. The Morgan fingerprint density at radius 3 is 2.58 bits per heavy atom. The van der Waals surface area contributed by atoms with E-state index in [4.69, 9.17) is 18.9 Å². The van der Waals surface area contributed by atoms with Crippen LogP contribution < -0.4 is 5.56 Å². The van der Waals surface area contributed by atoms with Crippen LogP contribution in [0.1, 0.15) is 31.3 Å². The second-order valence-corrected chi connectivity index (χ2v) is 6.49. The summed E-state index contributed by atoms with van der Waals surface area (Å²) in [6.45, 7) is 3.69. The molecule has 0 amide bonds. The Hall–Kier alpha value is -2.45. The first-order valence-electron chi connectivity index (χ1n) is 8.55. The molecule has 2 aliphatic rings. The molecule has 0 radical (unpaired) electrons. The summed E-state index contributed by atoms with van der Waals surface area (Å²) in [5, 5.41) is 1.74. The maximum Gasteiger partial charge on any atom is 0.272 e. The van der Waals surface area contributed by atoms with E-state index in [2.05, 4.69) is 9.97 Å². The number of aromatic amines is 2. The van der Waals surface area contributed by atoms with Crippen molar-refractivity contribution in [3.63, 3.8) is 0 Å². The van der Waals surface area contributed by atoms with Gasteiger partial charge in [0.2, 0.25) is 0 Å². The van der Waals surface area contributed by atoms with Crippen molar-refractivity contribution < 1.29 is 18.9 Å². The van der Waals surface area contributed by atoms with Crippen LogP contribution in [0.2, 0.25) is 0 Å². The van der Waals surface area contributed by atoms with Gasteiger partial charge in [0.05, 0.1) is 0 Å². The smallest absolute Gasteiger partial charge is 0.272 e. The second-order valence-electron chi connectivity index (χ2n) is 6.49. The van der Waals surface area contributed by atoms with E-state index >= 15 is 0 Å². The Morgan fingerprint density at radius 1 is 1.08 bits per heavy atom. The topological polar surface area (TPSA) is 85.6 Å². The van der Waals surface area contributed by atoms with Crippen molar-refractivity contribution in [2.75, 3.05) is 0 Å². The van der Waals surface area contributed by atoms with Crippen molar-refractivity contribution in [1.82, 2.24) is 9.97 Å². The maximum absolute atomic E-state index is 12.4. The summed E-state index contributed by atoms with van der Waals surface area (Å²) < 4.78 is 22.1. The summed E-state index contributed by atoms with van der Waals surface area (Å²) >= 11 is 0. The Kier molecular flexibility index (Phi) is 3.51. The van der Waals surface area contributed by atoms with Gasteiger partial charge in [-0.15, -0.1) is 0 Å². The number of ether oxygens (including phenoxy) is 4. The molecule has 0 spiro atoms. The lowest BCUT2D eigenvalue weighted by Gasteiger charge is -2.33. The molecule has 0 atom stereocenters. The summed E-state index contributed by atoms with van der Waals surface area (Å²) in [4.78, 5) is 18.3. The molecule has 2 fully saturated rings. The SMILES string of the molecule is CC1OC(/C=C/c2ccc3[nH]c(=O)c4[nH]cc(C5OC(C)O5)c4c3c2)O1. The van der Waals surface area contributed by atoms with E-state index in [1.165, 1.54) is 0 Å². The third-order valence-corrected chi connectivity index (χ3v) is 4.68. The van der Waals surface area contributed by atoms with Crippen LogP contribution in [0, 0.1) is 0 Å². The number of hydrogen-bond acceptors (Lipinski definition) is 5. The Labute approximate surface area is 148 Å². The highest BCUT2D eigenvalue weighted by atomic mass is 16.9. The van der Waals surface area contributed by atoms with Crippen LogP contribution in [0.3, 0.4) is 0 Å². The fourth-order valence-electron chi connectivity index (χ4n) is 3.43. The number of rotatable bonds is 3. The van der Waals surface area contributed by atoms with Gasteiger partial charge in [0, 0.05) is 28.0 Å². The average Bonchev–Trinajstić information content (AvgIpc) is 3.01. The van der Waals surface area contributed by atoms with Crippen LogP contribution >= 0.6 is 0 Å². The van der Waals surface area contributed by atoms with Crippen LogP contribution in [0.5, 0.6) is 0 Å². The van der Waals surface area contributed by atoms with E-state index in [1.807, 2.05) is 44.2 Å². The van der Waals surface area contributed by atoms with Gasteiger partial charge >= 0.3 is 0 Å². The van der Waals surface area contributed by atoms with Crippen molar-refractivity contribution in [1.29, 1.82) is 0 Å². The first-order chi connectivity index (χ1) is 12.6. The van der Waals surface area contributed by atoms with Crippen molar-refractivity contribution in [2.45, 2.75) is 39.0 Å². The Balaban J connectivity index is 1.61. The van der Waals surface area contributed by atoms with E-state index in [9.17, 15) is 4.79 Å². The minimum Gasteiger partial charge on any atom is -0.356 e. The predicted octanol–water partition coefficient (Wildman–Crippen LogP) is 3.13. The lowest BCUT2D eigenvalue weighted by atomic mass is 10.0. The highest BCUT2D eigenvalue weighted by Gasteiger charge is 2.31. The van der Waals surface area contributed by atoms with Crippen LogP contribution in [0.4, 0.5) is 0 Å². The Morgan fingerprint density at radius 2 is 1.85 bits per heavy atom. The highest BCUT2D eigenvalue weighted by Crippen LogP contribution is 2.37. The van der Waals surface area contributed by atoms with Gasteiger partial charge in [0.1, 0.15) is 5.52 Å². The molecule has 0 aliphatic carbocycles. The van der Waals surface area contributed by atoms with E-state index < -0.39 is 6.29 Å². The molecule has 26 heavy (non-hydrogen) atoms. The first kappa shape index (κ1) is 15.8. The maximum atomic E-state index is 12.4. The number of aromatic nitrogens is 2. The van der Waals surface area contributed by atoms with Crippen molar-refractivity contribution >= 4 is 27.9 Å². The van der Waals surface area contributed by atoms with E-state index in [0.717, 1.165) is 27.4 Å². The number of fused-ring (bicyclic) bond motifs is 3. The molecule has 2 N–H and O–H groups in total. The third kappa shape index (κ3) is 2.48. The number of nitrogens with one attached hydrogen (secondary N) is 2. The molecular formula is C19H18N2O5. The number of benzene rings is 1. The molecular weight excluding hydrogens is 336 g/mol. The largest absolute Gasteiger partial charge is 0.356 e. The molecule has 0 saturated carbocycles. The molecule has 5 rings (SSSR count). The lowest BCUT2D eigenvalue weighted by Crippen LogP contribution is -2.36. The monoisotopic (exact) mass is 354 g/mol. The van der Waals surface area contributed by atoms with Gasteiger partial charge in [0.25, 0.3) is 5.56 Å². The standard InChI is InChI=1S/C19H18N2O5/c1-9-23-15(24-9)6-4-11-3-5-14-12(7-11)16-13(19-25-10(2)26-19)8-20-17(16)18(22)21-14/h3-10,15,19-20H,1-2H3,(H,21,22)/b6-4+. The second kappa shape index (κ2) is 5.78. The van der Waals surface area contributed by atoms with Crippen molar-refractivity contribution in [3.05, 3.63) is 52.0 Å². The average molecular weight is 354 g/mol. The third-order valence-electron chi connectivity index (χ3n) is 4.68. The normalized spacial score (nSPS) is 28.5. The molecule has 2 aliphatic heterocycles.